The summed E-state index contributed by atoms with van der Waals surface area (Å²) in [6.45, 7) is 6.48. The highest BCUT2D eigenvalue weighted by Crippen LogP contribution is 2.27. The van der Waals surface area contributed by atoms with Gasteiger partial charge < -0.3 is 4.57 Å². The number of aryl methyl sites for hydroxylation is 3. The molecule has 5 aromatic rings. The standard InChI is InChI=1S/C26H27N5O2/c1-17-18(2)31-22-23(27-25(31)30(17)19(3)21-13-9-6-10-14-21)28(4)26(33)29(24(22)32)16-15-20-11-7-5-8-12-20/h5-14,19H,15-16H2,1-4H3/t19-/m1/s1. The molecule has 0 aliphatic heterocycles. The van der Waals surface area contributed by atoms with Gasteiger partial charge in [-0.2, -0.15) is 4.98 Å². The van der Waals surface area contributed by atoms with Crippen LogP contribution in [0, 0.1) is 13.8 Å². The van der Waals surface area contributed by atoms with Crippen LogP contribution < -0.4 is 11.2 Å². The lowest BCUT2D eigenvalue weighted by atomic mass is 10.1. The fourth-order valence-electron chi connectivity index (χ4n) is 4.70. The van der Waals surface area contributed by atoms with Crippen molar-refractivity contribution >= 4 is 16.9 Å². The molecule has 0 saturated heterocycles. The number of fused-ring (bicyclic) bond motifs is 3. The second-order valence-electron chi connectivity index (χ2n) is 8.58. The van der Waals surface area contributed by atoms with E-state index in [0.29, 0.717) is 29.9 Å². The predicted octanol–water partition coefficient (Wildman–Crippen LogP) is 3.62. The van der Waals surface area contributed by atoms with Crippen molar-refractivity contribution < 1.29 is 0 Å². The van der Waals surface area contributed by atoms with Crippen molar-refractivity contribution in [1.82, 2.24) is 23.1 Å². The monoisotopic (exact) mass is 441 g/mol. The van der Waals surface area contributed by atoms with E-state index in [0.717, 1.165) is 22.5 Å². The molecule has 0 aliphatic rings. The summed E-state index contributed by atoms with van der Waals surface area (Å²) in [5.74, 6) is 0.671. The number of rotatable bonds is 5. The van der Waals surface area contributed by atoms with Gasteiger partial charge in [-0.05, 0) is 38.3 Å². The molecule has 7 heteroatoms. The van der Waals surface area contributed by atoms with Gasteiger partial charge in [0.15, 0.2) is 11.2 Å². The summed E-state index contributed by atoms with van der Waals surface area (Å²) in [5, 5.41) is 0. The maximum atomic E-state index is 13.6. The lowest BCUT2D eigenvalue weighted by Crippen LogP contribution is -2.39. The Morgan fingerprint density at radius 3 is 2.21 bits per heavy atom. The van der Waals surface area contributed by atoms with Crippen LogP contribution in [0.1, 0.15) is 35.5 Å². The van der Waals surface area contributed by atoms with Crippen molar-refractivity contribution in [3.05, 3.63) is 104 Å². The van der Waals surface area contributed by atoms with Gasteiger partial charge in [-0.15, -0.1) is 0 Å². The largest absolute Gasteiger partial charge is 0.332 e. The lowest BCUT2D eigenvalue weighted by Gasteiger charge is -2.16. The SMILES string of the molecule is Cc1c(C)n2c3c(=O)n(CCc4ccccc4)c(=O)n(C)c3nc2n1[C@H](C)c1ccccc1. The molecular formula is C26H27N5O2. The summed E-state index contributed by atoms with van der Waals surface area (Å²) in [7, 11) is 1.68. The van der Waals surface area contributed by atoms with E-state index < -0.39 is 0 Å². The molecule has 2 aromatic carbocycles. The predicted molar refractivity (Wildman–Crippen MR) is 130 cm³/mol. The molecule has 33 heavy (non-hydrogen) atoms. The summed E-state index contributed by atoms with van der Waals surface area (Å²) >= 11 is 0. The van der Waals surface area contributed by atoms with Crippen LogP contribution in [-0.4, -0.2) is 23.1 Å². The van der Waals surface area contributed by atoms with Crippen LogP contribution in [0.2, 0.25) is 0 Å². The van der Waals surface area contributed by atoms with Crippen LogP contribution in [0.15, 0.2) is 70.3 Å². The van der Waals surface area contributed by atoms with Gasteiger partial charge in [0.2, 0.25) is 5.78 Å². The van der Waals surface area contributed by atoms with Gasteiger partial charge in [0, 0.05) is 25.0 Å². The molecular weight excluding hydrogens is 414 g/mol. The van der Waals surface area contributed by atoms with Crippen LogP contribution in [-0.2, 0) is 20.0 Å². The number of nitrogens with zero attached hydrogens (tertiary/aromatic N) is 5. The van der Waals surface area contributed by atoms with E-state index in [1.165, 1.54) is 9.13 Å². The highest BCUT2D eigenvalue weighted by molar-refractivity contribution is 5.76. The van der Waals surface area contributed by atoms with Crippen LogP contribution in [0.5, 0.6) is 0 Å². The van der Waals surface area contributed by atoms with Gasteiger partial charge in [-0.1, -0.05) is 60.7 Å². The van der Waals surface area contributed by atoms with E-state index in [2.05, 4.69) is 23.6 Å². The van der Waals surface area contributed by atoms with Crippen LogP contribution in [0.3, 0.4) is 0 Å². The van der Waals surface area contributed by atoms with Gasteiger partial charge >= 0.3 is 5.69 Å². The molecule has 1 atom stereocenters. The van der Waals surface area contributed by atoms with E-state index in [-0.39, 0.29) is 17.3 Å². The molecule has 7 nitrogen and oxygen atoms in total. The molecule has 0 fully saturated rings. The maximum Gasteiger partial charge on any atom is 0.332 e. The van der Waals surface area contributed by atoms with Crippen molar-refractivity contribution in [3.63, 3.8) is 0 Å². The molecule has 0 amide bonds. The average Bonchev–Trinajstić information content (AvgIpc) is 3.33. The molecule has 0 spiro atoms. The number of benzene rings is 2. The Labute approximate surface area is 191 Å². The van der Waals surface area contributed by atoms with Crippen molar-refractivity contribution in [2.24, 2.45) is 7.05 Å². The zero-order chi connectivity index (χ0) is 23.3. The number of hydrogen-bond donors (Lipinski definition) is 0. The molecule has 5 rings (SSSR count). The molecule has 0 saturated carbocycles. The van der Waals surface area contributed by atoms with Crippen LogP contribution >= 0.6 is 0 Å². The van der Waals surface area contributed by atoms with E-state index >= 15 is 0 Å². The average molecular weight is 442 g/mol. The first-order chi connectivity index (χ1) is 15.9. The summed E-state index contributed by atoms with van der Waals surface area (Å²) in [6, 6.07) is 20.1. The quantitative estimate of drug-likeness (QED) is 0.418. The fourth-order valence-corrected chi connectivity index (χ4v) is 4.70. The lowest BCUT2D eigenvalue weighted by molar-refractivity contribution is 0.602. The van der Waals surface area contributed by atoms with Crippen LogP contribution in [0.25, 0.3) is 16.9 Å². The summed E-state index contributed by atoms with van der Waals surface area (Å²) in [5.41, 5.74) is 4.43. The Balaban J connectivity index is 1.72. The number of aromatic nitrogens is 5. The first-order valence-corrected chi connectivity index (χ1v) is 11.2. The van der Waals surface area contributed by atoms with Crippen molar-refractivity contribution in [1.29, 1.82) is 0 Å². The highest BCUT2D eigenvalue weighted by atomic mass is 16.2. The number of imidazole rings is 2. The molecule has 3 heterocycles. The van der Waals surface area contributed by atoms with E-state index in [9.17, 15) is 9.59 Å². The van der Waals surface area contributed by atoms with Gasteiger partial charge in [0.1, 0.15) is 0 Å². The maximum absolute atomic E-state index is 13.6. The van der Waals surface area contributed by atoms with Gasteiger partial charge in [-0.25, -0.2) is 4.79 Å². The first-order valence-electron chi connectivity index (χ1n) is 11.2. The zero-order valence-corrected chi connectivity index (χ0v) is 19.3. The second kappa shape index (κ2) is 7.92. The normalized spacial score (nSPS) is 12.6. The minimum absolute atomic E-state index is 0.0246. The summed E-state index contributed by atoms with van der Waals surface area (Å²) in [4.78, 5) is 31.5. The van der Waals surface area contributed by atoms with Crippen molar-refractivity contribution in [2.75, 3.05) is 0 Å². The van der Waals surface area contributed by atoms with Crippen LogP contribution in [0.4, 0.5) is 0 Å². The zero-order valence-electron chi connectivity index (χ0n) is 19.3. The molecule has 168 valence electrons. The molecule has 0 radical (unpaired) electrons. The van der Waals surface area contributed by atoms with Crippen molar-refractivity contribution in [3.8, 4) is 0 Å². The minimum atomic E-state index is -0.346. The molecule has 0 aliphatic carbocycles. The van der Waals surface area contributed by atoms with E-state index in [4.69, 9.17) is 4.98 Å². The highest BCUT2D eigenvalue weighted by Gasteiger charge is 2.24. The first kappa shape index (κ1) is 21.0. The Hall–Kier alpha value is -3.87. The van der Waals surface area contributed by atoms with E-state index in [1.807, 2.05) is 66.8 Å². The summed E-state index contributed by atoms with van der Waals surface area (Å²) in [6.07, 6.45) is 0.605. The summed E-state index contributed by atoms with van der Waals surface area (Å²) < 4.78 is 6.87. The third kappa shape index (κ3) is 3.23. The minimum Gasteiger partial charge on any atom is -0.307 e. The van der Waals surface area contributed by atoms with Gasteiger partial charge in [0.05, 0.1) is 6.04 Å². The number of hydrogen-bond acceptors (Lipinski definition) is 3. The topological polar surface area (TPSA) is 66.2 Å². The third-order valence-electron chi connectivity index (χ3n) is 6.70. The third-order valence-corrected chi connectivity index (χ3v) is 6.70. The Morgan fingerprint density at radius 2 is 1.55 bits per heavy atom. The van der Waals surface area contributed by atoms with E-state index in [1.54, 1.807) is 7.05 Å². The second-order valence-corrected chi connectivity index (χ2v) is 8.58. The molecule has 0 bridgehead atoms. The molecule has 0 N–H and O–H groups in total. The molecule has 3 aromatic heterocycles. The van der Waals surface area contributed by atoms with Crippen molar-refractivity contribution in [2.45, 2.75) is 39.8 Å². The molecule has 0 unspecified atom stereocenters. The van der Waals surface area contributed by atoms with Gasteiger partial charge in [0.25, 0.3) is 5.56 Å². The smallest absolute Gasteiger partial charge is 0.307 e. The fraction of sp³-hybridized carbons (Fsp3) is 0.269. The Bertz CT molecular complexity index is 1590. The Kier molecular flexibility index (Phi) is 5.04. The van der Waals surface area contributed by atoms with Gasteiger partial charge in [-0.3, -0.25) is 18.3 Å². The Morgan fingerprint density at radius 1 is 0.909 bits per heavy atom.